The van der Waals surface area contributed by atoms with Crippen molar-refractivity contribution in [1.29, 1.82) is 0 Å². The number of piperidine rings is 1. The van der Waals surface area contributed by atoms with Crippen LogP contribution in [0.1, 0.15) is 39.4 Å². The third-order valence-electron chi connectivity index (χ3n) is 4.02. The van der Waals surface area contributed by atoms with Crippen LogP contribution in [0, 0.1) is 11.8 Å². The Hall–Kier alpha value is -0.940. The van der Waals surface area contributed by atoms with E-state index in [1.807, 2.05) is 4.68 Å². The zero-order valence-electron chi connectivity index (χ0n) is 12.4. The van der Waals surface area contributed by atoms with E-state index >= 15 is 0 Å². The van der Waals surface area contributed by atoms with Gasteiger partial charge >= 0.3 is 0 Å². The fourth-order valence-electron chi connectivity index (χ4n) is 2.77. The van der Waals surface area contributed by atoms with Gasteiger partial charge in [-0.05, 0) is 38.1 Å². The van der Waals surface area contributed by atoms with Gasteiger partial charge in [0, 0.05) is 19.1 Å². The van der Waals surface area contributed by atoms with Crippen molar-refractivity contribution in [3.05, 3.63) is 12.2 Å². The van der Waals surface area contributed by atoms with Crippen LogP contribution in [0.4, 0.5) is 0 Å². The lowest BCUT2D eigenvalue weighted by Gasteiger charge is -2.37. The number of aromatic nitrogens is 3. The third-order valence-corrected chi connectivity index (χ3v) is 4.02. The molecule has 1 aromatic rings. The highest BCUT2D eigenvalue weighted by Crippen LogP contribution is 2.22. The molecule has 2 rings (SSSR count). The van der Waals surface area contributed by atoms with E-state index in [1.54, 1.807) is 6.33 Å². The lowest BCUT2D eigenvalue weighted by atomic mass is 9.93. The van der Waals surface area contributed by atoms with Gasteiger partial charge in [0.25, 0.3) is 0 Å². The maximum absolute atomic E-state index is 5.82. The van der Waals surface area contributed by atoms with Gasteiger partial charge in [-0.2, -0.15) is 5.10 Å². The summed E-state index contributed by atoms with van der Waals surface area (Å²) in [6.45, 7) is 10.4. The van der Waals surface area contributed by atoms with Crippen LogP contribution in [0.3, 0.4) is 0 Å². The van der Waals surface area contributed by atoms with Crippen LogP contribution >= 0.6 is 0 Å². The highest BCUT2D eigenvalue weighted by Gasteiger charge is 2.25. The van der Waals surface area contributed by atoms with Gasteiger partial charge in [-0.1, -0.05) is 13.8 Å². The molecule has 2 N–H and O–H groups in total. The SMILES string of the molecule is CC(C)Cn1ncnc1CN1CC(CN)CCC1C. The first-order valence-corrected chi connectivity index (χ1v) is 7.41. The van der Waals surface area contributed by atoms with Gasteiger partial charge in [0.2, 0.25) is 0 Å². The van der Waals surface area contributed by atoms with E-state index in [0.29, 0.717) is 17.9 Å². The van der Waals surface area contributed by atoms with E-state index < -0.39 is 0 Å². The highest BCUT2D eigenvalue weighted by molar-refractivity contribution is 4.89. The van der Waals surface area contributed by atoms with Gasteiger partial charge in [-0.3, -0.25) is 4.90 Å². The van der Waals surface area contributed by atoms with Crippen molar-refractivity contribution in [1.82, 2.24) is 19.7 Å². The Labute approximate surface area is 116 Å². The van der Waals surface area contributed by atoms with Crippen LogP contribution in [0.5, 0.6) is 0 Å². The predicted octanol–water partition coefficient (Wildman–Crippen LogP) is 1.49. The first-order chi connectivity index (χ1) is 9.10. The summed E-state index contributed by atoms with van der Waals surface area (Å²) in [6.07, 6.45) is 4.17. The van der Waals surface area contributed by atoms with Crippen LogP contribution in [0.2, 0.25) is 0 Å². The average molecular weight is 265 g/mol. The Morgan fingerprint density at radius 2 is 2.21 bits per heavy atom. The lowest BCUT2D eigenvalue weighted by Crippen LogP contribution is -2.43. The second-order valence-electron chi connectivity index (χ2n) is 6.21. The summed E-state index contributed by atoms with van der Waals surface area (Å²) in [7, 11) is 0. The first-order valence-electron chi connectivity index (χ1n) is 7.41. The Bertz CT molecular complexity index is 387. The van der Waals surface area contributed by atoms with Gasteiger partial charge in [0.1, 0.15) is 12.2 Å². The number of rotatable bonds is 5. The molecule has 1 aliphatic heterocycles. The molecule has 1 fully saturated rings. The van der Waals surface area contributed by atoms with Crippen molar-refractivity contribution < 1.29 is 0 Å². The third kappa shape index (κ3) is 3.76. The molecule has 2 atom stereocenters. The second-order valence-corrected chi connectivity index (χ2v) is 6.21. The van der Waals surface area contributed by atoms with Gasteiger partial charge in [0.15, 0.2) is 0 Å². The fraction of sp³-hybridized carbons (Fsp3) is 0.857. The average Bonchev–Trinajstić information content (AvgIpc) is 2.78. The summed E-state index contributed by atoms with van der Waals surface area (Å²) >= 11 is 0. The molecule has 1 aromatic heterocycles. The minimum absolute atomic E-state index is 0.594. The molecular formula is C14H27N5. The minimum Gasteiger partial charge on any atom is -0.330 e. The van der Waals surface area contributed by atoms with Crippen LogP contribution in [0.25, 0.3) is 0 Å². The van der Waals surface area contributed by atoms with Crippen LogP contribution in [0.15, 0.2) is 6.33 Å². The molecule has 0 radical (unpaired) electrons. The van der Waals surface area contributed by atoms with Crippen molar-refractivity contribution in [2.24, 2.45) is 17.6 Å². The summed E-state index contributed by atoms with van der Waals surface area (Å²) < 4.78 is 2.05. The summed E-state index contributed by atoms with van der Waals surface area (Å²) in [6, 6.07) is 0.618. The Morgan fingerprint density at radius 1 is 1.42 bits per heavy atom. The van der Waals surface area contributed by atoms with Gasteiger partial charge in [0.05, 0.1) is 6.54 Å². The van der Waals surface area contributed by atoms with Crippen molar-refractivity contribution >= 4 is 0 Å². The minimum atomic E-state index is 0.594. The molecule has 0 aromatic carbocycles. The molecule has 5 heteroatoms. The fourth-order valence-corrected chi connectivity index (χ4v) is 2.77. The molecule has 0 amide bonds. The van der Waals surface area contributed by atoms with E-state index in [2.05, 4.69) is 35.8 Å². The molecule has 0 spiro atoms. The normalized spacial score (nSPS) is 25.1. The molecule has 108 valence electrons. The highest BCUT2D eigenvalue weighted by atomic mass is 15.4. The molecule has 19 heavy (non-hydrogen) atoms. The van der Waals surface area contributed by atoms with E-state index in [1.165, 1.54) is 12.8 Å². The zero-order chi connectivity index (χ0) is 13.8. The topological polar surface area (TPSA) is 60.0 Å². The molecule has 1 aliphatic rings. The quantitative estimate of drug-likeness (QED) is 0.876. The van der Waals surface area contributed by atoms with E-state index in [4.69, 9.17) is 5.73 Å². The maximum atomic E-state index is 5.82. The smallest absolute Gasteiger partial charge is 0.141 e. The number of nitrogens with two attached hydrogens (primary N) is 1. The summed E-state index contributed by atoms with van der Waals surface area (Å²) in [5.74, 6) is 2.31. The molecule has 5 nitrogen and oxygen atoms in total. The van der Waals surface area contributed by atoms with Gasteiger partial charge in [-0.15, -0.1) is 0 Å². The van der Waals surface area contributed by atoms with Gasteiger partial charge in [-0.25, -0.2) is 9.67 Å². The maximum Gasteiger partial charge on any atom is 0.141 e. The lowest BCUT2D eigenvalue weighted by molar-refractivity contribution is 0.108. The Balaban J connectivity index is 2.01. The van der Waals surface area contributed by atoms with Crippen molar-refractivity contribution in [3.8, 4) is 0 Å². The standard InChI is InChI=1S/C14H27N5/c1-11(2)7-19-14(16-10-17-19)9-18-8-13(6-15)5-4-12(18)3/h10-13H,4-9,15H2,1-3H3. The molecule has 2 heterocycles. The number of hydrogen-bond acceptors (Lipinski definition) is 4. The van der Waals surface area contributed by atoms with Crippen molar-refractivity contribution in [2.45, 2.75) is 52.7 Å². The first kappa shape index (κ1) is 14.5. The van der Waals surface area contributed by atoms with E-state index in [9.17, 15) is 0 Å². The van der Waals surface area contributed by atoms with Crippen LogP contribution in [-0.4, -0.2) is 38.8 Å². The summed E-state index contributed by atoms with van der Waals surface area (Å²) in [4.78, 5) is 6.93. The van der Waals surface area contributed by atoms with Crippen LogP contribution in [-0.2, 0) is 13.1 Å². The van der Waals surface area contributed by atoms with Crippen molar-refractivity contribution in [3.63, 3.8) is 0 Å². The monoisotopic (exact) mass is 265 g/mol. The molecule has 2 unspecified atom stereocenters. The number of likely N-dealkylation sites (tertiary alicyclic amines) is 1. The summed E-state index contributed by atoms with van der Waals surface area (Å²) in [5, 5.41) is 4.34. The Morgan fingerprint density at radius 3 is 2.89 bits per heavy atom. The zero-order valence-corrected chi connectivity index (χ0v) is 12.4. The van der Waals surface area contributed by atoms with Gasteiger partial charge < -0.3 is 5.73 Å². The molecule has 1 saturated heterocycles. The Kier molecular flexibility index (Phi) is 4.93. The van der Waals surface area contributed by atoms with E-state index in [0.717, 1.165) is 32.0 Å². The summed E-state index contributed by atoms with van der Waals surface area (Å²) in [5.41, 5.74) is 5.82. The molecular weight excluding hydrogens is 238 g/mol. The van der Waals surface area contributed by atoms with Crippen LogP contribution < -0.4 is 5.73 Å². The van der Waals surface area contributed by atoms with E-state index in [-0.39, 0.29) is 0 Å². The predicted molar refractivity (Wildman–Crippen MR) is 76.5 cm³/mol. The number of hydrogen-bond donors (Lipinski definition) is 1. The largest absolute Gasteiger partial charge is 0.330 e. The molecule has 0 aliphatic carbocycles. The number of nitrogens with zero attached hydrogens (tertiary/aromatic N) is 4. The van der Waals surface area contributed by atoms with Crippen molar-refractivity contribution in [2.75, 3.05) is 13.1 Å². The second kappa shape index (κ2) is 6.48. The molecule has 0 bridgehead atoms. The molecule has 0 saturated carbocycles.